The van der Waals surface area contributed by atoms with E-state index in [0.29, 0.717) is 5.88 Å². The molecule has 0 aliphatic rings. The SMILES string of the molecule is Cc1cc(C)n(CCCNc2cc(OC(C)C)ncn2)n1. The Morgan fingerprint density at radius 2 is 2.05 bits per heavy atom. The number of rotatable bonds is 7. The molecule has 114 valence electrons. The largest absolute Gasteiger partial charge is 0.475 e. The molecule has 0 saturated heterocycles. The second kappa shape index (κ2) is 7.06. The lowest BCUT2D eigenvalue weighted by atomic mass is 10.4. The van der Waals surface area contributed by atoms with E-state index in [1.54, 1.807) is 0 Å². The zero-order valence-corrected chi connectivity index (χ0v) is 13.1. The second-order valence-electron chi connectivity index (χ2n) is 5.34. The fourth-order valence-electron chi connectivity index (χ4n) is 2.09. The van der Waals surface area contributed by atoms with Gasteiger partial charge in [-0.05, 0) is 40.2 Å². The van der Waals surface area contributed by atoms with Crippen molar-refractivity contribution in [3.05, 3.63) is 29.8 Å². The first-order valence-corrected chi connectivity index (χ1v) is 7.28. The van der Waals surface area contributed by atoms with Gasteiger partial charge in [0, 0.05) is 24.8 Å². The van der Waals surface area contributed by atoms with Gasteiger partial charge in [0.2, 0.25) is 5.88 Å². The molecule has 2 aromatic heterocycles. The maximum absolute atomic E-state index is 5.54. The molecule has 0 atom stereocenters. The fourth-order valence-corrected chi connectivity index (χ4v) is 2.09. The highest BCUT2D eigenvalue weighted by Gasteiger charge is 2.03. The molecule has 0 fully saturated rings. The third-order valence-corrected chi connectivity index (χ3v) is 2.95. The minimum absolute atomic E-state index is 0.110. The van der Waals surface area contributed by atoms with Crippen LogP contribution in [0.2, 0.25) is 0 Å². The number of ether oxygens (including phenoxy) is 1. The molecule has 0 spiro atoms. The Labute approximate surface area is 125 Å². The molecule has 2 heterocycles. The number of aryl methyl sites for hydroxylation is 3. The molecular formula is C15H23N5O. The molecule has 0 radical (unpaired) electrons. The lowest BCUT2D eigenvalue weighted by Gasteiger charge is -2.10. The average Bonchev–Trinajstić information content (AvgIpc) is 2.73. The normalized spacial score (nSPS) is 10.9. The summed E-state index contributed by atoms with van der Waals surface area (Å²) < 4.78 is 7.58. The van der Waals surface area contributed by atoms with Gasteiger partial charge in [-0.15, -0.1) is 0 Å². The van der Waals surface area contributed by atoms with Crippen LogP contribution in [0.25, 0.3) is 0 Å². The first kappa shape index (κ1) is 15.3. The summed E-state index contributed by atoms with van der Waals surface area (Å²) in [5.74, 6) is 1.38. The predicted molar refractivity (Wildman–Crippen MR) is 82.6 cm³/mol. The van der Waals surface area contributed by atoms with E-state index >= 15 is 0 Å². The molecule has 0 unspecified atom stereocenters. The minimum Gasteiger partial charge on any atom is -0.475 e. The monoisotopic (exact) mass is 289 g/mol. The summed E-state index contributed by atoms with van der Waals surface area (Å²) in [5.41, 5.74) is 2.26. The molecule has 0 aliphatic carbocycles. The molecule has 0 bridgehead atoms. The van der Waals surface area contributed by atoms with E-state index in [-0.39, 0.29) is 6.10 Å². The zero-order chi connectivity index (χ0) is 15.2. The number of hydrogen-bond acceptors (Lipinski definition) is 5. The van der Waals surface area contributed by atoms with E-state index in [0.717, 1.165) is 31.0 Å². The van der Waals surface area contributed by atoms with Gasteiger partial charge in [0.15, 0.2) is 0 Å². The Morgan fingerprint density at radius 3 is 2.71 bits per heavy atom. The summed E-state index contributed by atoms with van der Waals surface area (Å²) in [6.07, 6.45) is 2.60. The molecule has 0 saturated carbocycles. The summed E-state index contributed by atoms with van der Waals surface area (Å²) >= 11 is 0. The smallest absolute Gasteiger partial charge is 0.218 e. The average molecular weight is 289 g/mol. The summed E-state index contributed by atoms with van der Waals surface area (Å²) in [4.78, 5) is 8.27. The molecule has 6 nitrogen and oxygen atoms in total. The van der Waals surface area contributed by atoms with E-state index in [2.05, 4.69) is 33.4 Å². The van der Waals surface area contributed by atoms with E-state index in [4.69, 9.17) is 4.74 Å². The predicted octanol–water partition coefficient (Wildman–Crippen LogP) is 2.58. The molecule has 0 amide bonds. The topological polar surface area (TPSA) is 64.9 Å². The highest BCUT2D eigenvalue weighted by Crippen LogP contribution is 2.12. The second-order valence-corrected chi connectivity index (χ2v) is 5.34. The van der Waals surface area contributed by atoms with Crippen LogP contribution in [0, 0.1) is 13.8 Å². The first-order valence-electron chi connectivity index (χ1n) is 7.28. The van der Waals surface area contributed by atoms with Gasteiger partial charge in [0.05, 0.1) is 11.8 Å². The van der Waals surface area contributed by atoms with Crippen molar-refractivity contribution in [3.63, 3.8) is 0 Å². The van der Waals surface area contributed by atoms with Crippen molar-refractivity contribution in [1.82, 2.24) is 19.7 Å². The summed E-state index contributed by atoms with van der Waals surface area (Å²) in [5, 5.41) is 7.73. The lowest BCUT2D eigenvalue weighted by Crippen LogP contribution is -2.11. The first-order chi connectivity index (χ1) is 10.0. The number of hydrogen-bond donors (Lipinski definition) is 1. The van der Waals surface area contributed by atoms with Gasteiger partial charge in [-0.3, -0.25) is 4.68 Å². The molecule has 2 rings (SSSR count). The summed E-state index contributed by atoms with van der Waals surface area (Å²) in [6, 6.07) is 3.91. The molecule has 6 heteroatoms. The van der Waals surface area contributed by atoms with Crippen LogP contribution < -0.4 is 10.1 Å². The van der Waals surface area contributed by atoms with E-state index < -0.39 is 0 Å². The van der Waals surface area contributed by atoms with Crippen LogP contribution in [-0.2, 0) is 6.54 Å². The van der Waals surface area contributed by atoms with Crippen LogP contribution in [0.1, 0.15) is 31.7 Å². The third-order valence-electron chi connectivity index (χ3n) is 2.95. The van der Waals surface area contributed by atoms with Crippen molar-refractivity contribution in [2.24, 2.45) is 0 Å². The van der Waals surface area contributed by atoms with Crippen LogP contribution in [0.5, 0.6) is 5.88 Å². The molecule has 0 aliphatic heterocycles. The molecule has 2 aromatic rings. The Bertz CT molecular complexity index is 579. The highest BCUT2D eigenvalue weighted by molar-refractivity contribution is 5.36. The number of aromatic nitrogens is 4. The molecular weight excluding hydrogens is 266 g/mol. The third kappa shape index (κ3) is 4.73. The zero-order valence-electron chi connectivity index (χ0n) is 13.1. The van der Waals surface area contributed by atoms with Crippen molar-refractivity contribution in [2.75, 3.05) is 11.9 Å². The fraction of sp³-hybridized carbons (Fsp3) is 0.533. The maximum atomic E-state index is 5.54. The van der Waals surface area contributed by atoms with Crippen LogP contribution in [0.3, 0.4) is 0 Å². The molecule has 1 N–H and O–H groups in total. The van der Waals surface area contributed by atoms with E-state index in [1.807, 2.05) is 31.5 Å². The van der Waals surface area contributed by atoms with Gasteiger partial charge < -0.3 is 10.1 Å². The van der Waals surface area contributed by atoms with Gasteiger partial charge in [0.25, 0.3) is 0 Å². The van der Waals surface area contributed by atoms with Crippen LogP contribution >= 0.6 is 0 Å². The number of nitrogens with zero attached hydrogens (tertiary/aromatic N) is 4. The summed E-state index contributed by atoms with van der Waals surface area (Å²) in [7, 11) is 0. The Hall–Kier alpha value is -2.11. The quantitative estimate of drug-likeness (QED) is 0.794. The minimum atomic E-state index is 0.110. The summed E-state index contributed by atoms with van der Waals surface area (Å²) in [6.45, 7) is 9.77. The van der Waals surface area contributed by atoms with Gasteiger partial charge >= 0.3 is 0 Å². The molecule has 0 aromatic carbocycles. The van der Waals surface area contributed by atoms with Crippen LogP contribution in [0.15, 0.2) is 18.5 Å². The number of anilines is 1. The van der Waals surface area contributed by atoms with Crippen molar-refractivity contribution >= 4 is 5.82 Å². The van der Waals surface area contributed by atoms with Gasteiger partial charge in [-0.1, -0.05) is 0 Å². The van der Waals surface area contributed by atoms with E-state index in [9.17, 15) is 0 Å². The number of nitrogens with one attached hydrogen (secondary N) is 1. The Kier molecular flexibility index (Phi) is 5.14. The van der Waals surface area contributed by atoms with Gasteiger partial charge in [-0.2, -0.15) is 5.10 Å². The van der Waals surface area contributed by atoms with E-state index in [1.165, 1.54) is 12.0 Å². The maximum Gasteiger partial charge on any atom is 0.218 e. The van der Waals surface area contributed by atoms with Crippen LogP contribution in [-0.4, -0.2) is 32.4 Å². The van der Waals surface area contributed by atoms with Gasteiger partial charge in [-0.25, -0.2) is 9.97 Å². The standard InChI is InChI=1S/C15H23N5O/c1-11(2)21-15-9-14(17-10-18-15)16-6-5-7-20-13(4)8-12(3)19-20/h8-11H,5-7H2,1-4H3,(H,16,17,18). The highest BCUT2D eigenvalue weighted by atomic mass is 16.5. The molecule has 21 heavy (non-hydrogen) atoms. The van der Waals surface area contributed by atoms with Crippen molar-refractivity contribution in [2.45, 2.75) is 46.8 Å². The van der Waals surface area contributed by atoms with Gasteiger partial charge in [0.1, 0.15) is 12.1 Å². The van der Waals surface area contributed by atoms with Crippen molar-refractivity contribution in [3.8, 4) is 5.88 Å². The Balaban J connectivity index is 1.79. The van der Waals surface area contributed by atoms with Crippen LogP contribution in [0.4, 0.5) is 5.82 Å². The Morgan fingerprint density at radius 1 is 1.24 bits per heavy atom. The lowest BCUT2D eigenvalue weighted by molar-refractivity contribution is 0.232. The van der Waals surface area contributed by atoms with Crippen molar-refractivity contribution in [1.29, 1.82) is 0 Å². The van der Waals surface area contributed by atoms with Crippen molar-refractivity contribution < 1.29 is 4.74 Å².